The lowest BCUT2D eigenvalue weighted by Gasteiger charge is -2.29. The molecule has 2 aromatic heterocycles. The Labute approximate surface area is 125 Å². The number of pyridine rings is 1. The van der Waals surface area contributed by atoms with Crippen LogP contribution in [0.15, 0.2) is 35.8 Å². The lowest BCUT2D eigenvalue weighted by molar-refractivity contribution is 0.380. The van der Waals surface area contributed by atoms with Crippen molar-refractivity contribution in [1.82, 2.24) is 10.3 Å². The van der Waals surface area contributed by atoms with Gasteiger partial charge in [0, 0.05) is 17.1 Å². The monoisotopic (exact) mass is 286 g/mol. The molecule has 3 heteroatoms. The fourth-order valence-electron chi connectivity index (χ4n) is 3.10. The molecule has 3 rings (SSSR count). The van der Waals surface area contributed by atoms with Crippen molar-refractivity contribution in [3.8, 4) is 0 Å². The van der Waals surface area contributed by atoms with E-state index in [1.165, 1.54) is 48.2 Å². The van der Waals surface area contributed by atoms with E-state index in [4.69, 9.17) is 0 Å². The summed E-state index contributed by atoms with van der Waals surface area (Å²) >= 11 is 1.86. The van der Waals surface area contributed by atoms with Crippen molar-refractivity contribution in [2.45, 2.75) is 51.1 Å². The first-order chi connectivity index (χ1) is 9.88. The highest BCUT2D eigenvalue weighted by atomic mass is 32.1. The Bertz CT molecular complexity index is 536. The van der Waals surface area contributed by atoms with E-state index in [2.05, 4.69) is 46.9 Å². The van der Waals surface area contributed by atoms with Crippen LogP contribution in [-0.2, 0) is 6.42 Å². The highest BCUT2D eigenvalue weighted by Crippen LogP contribution is 2.32. The van der Waals surface area contributed by atoms with Crippen LogP contribution >= 0.6 is 11.3 Å². The summed E-state index contributed by atoms with van der Waals surface area (Å²) in [6.07, 6.45) is 7.98. The molecular formula is C17H22N2S. The first-order valence-corrected chi connectivity index (χ1v) is 8.49. The molecule has 2 atom stereocenters. The van der Waals surface area contributed by atoms with E-state index < -0.39 is 0 Å². The van der Waals surface area contributed by atoms with Crippen LogP contribution in [0, 0.1) is 0 Å². The maximum absolute atomic E-state index is 4.64. The zero-order chi connectivity index (χ0) is 13.8. The third-order valence-corrected chi connectivity index (χ3v) is 5.05. The minimum absolute atomic E-state index is 0.415. The Morgan fingerprint density at radius 1 is 1.40 bits per heavy atom. The predicted octanol–water partition coefficient (Wildman–Crippen LogP) is 4.65. The molecule has 0 bridgehead atoms. The van der Waals surface area contributed by atoms with Crippen molar-refractivity contribution in [3.63, 3.8) is 0 Å². The topological polar surface area (TPSA) is 24.9 Å². The lowest BCUT2D eigenvalue weighted by Crippen LogP contribution is -2.29. The van der Waals surface area contributed by atoms with E-state index in [1.54, 1.807) is 0 Å². The summed E-state index contributed by atoms with van der Waals surface area (Å²) in [7, 11) is 0. The summed E-state index contributed by atoms with van der Waals surface area (Å²) < 4.78 is 0. The highest BCUT2D eigenvalue weighted by molar-refractivity contribution is 7.10. The van der Waals surface area contributed by atoms with Crippen molar-refractivity contribution in [1.29, 1.82) is 0 Å². The van der Waals surface area contributed by atoms with Gasteiger partial charge in [0.2, 0.25) is 0 Å². The van der Waals surface area contributed by atoms with Crippen LogP contribution in [0.1, 0.15) is 60.8 Å². The van der Waals surface area contributed by atoms with Gasteiger partial charge in [0.05, 0.1) is 11.7 Å². The van der Waals surface area contributed by atoms with Gasteiger partial charge in [-0.2, -0.15) is 0 Å². The van der Waals surface area contributed by atoms with Crippen molar-refractivity contribution in [2.75, 3.05) is 0 Å². The number of rotatable bonds is 5. The molecule has 2 unspecified atom stereocenters. The van der Waals surface area contributed by atoms with Crippen LogP contribution in [0.5, 0.6) is 0 Å². The van der Waals surface area contributed by atoms with Crippen molar-refractivity contribution >= 4 is 11.3 Å². The van der Waals surface area contributed by atoms with Gasteiger partial charge in [-0.25, -0.2) is 0 Å². The van der Waals surface area contributed by atoms with E-state index in [1.807, 2.05) is 17.5 Å². The van der Waals surface area contributed by atoms with Gasteiger partial charge in [0.25, 0.3) is 0 Å². The zero-order valence-corrected chi connectivity index (χ0v) is 12.8. The molecule has 0 fully saturated rings. The molecule has 20 heavy (non-hydrogen) atoms. The minimum Gasteiger partial charge on any atom is -0.301 e. The molecule has 2 heterocycles. The predicted molar refractivity (Wildman–Crippen MR) is 85.0 cm³/mol. The molecule has 0 saturated heterocycles. The van der Waals surface area contributed by atoms with Gasteiger partial charge in [0.1, 0.15) is 0 Å². The van der Waals surface area contributed by atoms with E-state index in [0.717, 1.165) is 0 Å². The summed E-state index contributed by atoms with van der Waals surface area (Å²) in [5.41, 5.74) is 2.70. The second-order valence-electron chi connectivity index (χ2n) is 5.52. The summed E-state index contributed by atoms with van der Waals surface area (Å²) in [6.45, 7) is 2.26. The van der Waals surface area contributed by atoms with E-state index in [-0.39, 0.29) is 0 Å². The number of fused-ring (bicyclic) bond motifs is 1. The molecule has 1 aliphatic rings. The van der Waals surface area contributed by atoms with Gasteiger partial charge >= 0.3 is 0 Å². The van der Waals surface area contributed by atoms with Gasteiger partial charge in [-0.05, 0) is 48.8 Å². The van der Waals surface area contributed by atoms with Gasteiger partial charge in [-0.3, -0.25) is 4.98 Å². The average molecular weight is 286 g/mol. The SMILES string of the molecule is CCCC(NC1CCCc2cccnc21)c1cccs1. The summed E-state index contributed by atoms with van der Waals surface area (Å²) in [6, 6.07) is 9.58. The first kappa shape index (κ1) is 13.8. The number of hydrogen-bond donors (Lipinski definition) is 1. The molecule has 2 nitrogen and oxygen atoms in total. The zero-order valence-electron chi connectivity index (χ0n) is 12.0. The maximum atomic E-state index is 4.64. The second-order valence-corrected chi connectivity index (χ2v) is 6.50. The number of hydrogen-bond acceptors (Lipinski definition) is 3. The first-order valence-electron chi connectivity index (χ1n) is 7.61. The quantitative estimate of drug-likeness (QED) is 0.865. The Kier molecular flexibility index (Phi) is 4.48. The molecule has 0 saturated carbocycles. The van der Waals surface area contributed by atoms with Crippen LogP contribution in [0.25, 0.3) is 0 Å². The fraction of sp³-hybridized carbons (Fsp3) is 0.471. The highest BCUT2D eigenvalue weighted by Gasteiger charge is 2.24. The normalized spacial score (nSPS) is 19.6. The van der Waals surface area contributed by atoms with Gasteiger partial charge < -0.3 is 5.32 Å². The smallest absolute Gasteiger partial charge is 0.0605 e. The lowest BCUT2D eigenvalue weighted by atomic mass is 9.91. The summed E-state index contributed by atoms with van der Waals surface area (Å²) in [4.78, 5) is 6.09. The van der Waals surface area contributed by atoms with Crippen LogP contribution < -0.4 is 5.32 Å². The van der Waals surface area contributed by atoms with Crippen molar-refractivity contribution in [3.05, 3.63) is 52.0 Å². The third kappa shape index (κ3) is 2.94. The Hall–Kier alpha value is -1.19. The van der Waals surface area contributed by atoms with Gasteiger partial charge in [0.15, 0.2) is 0 Å². The van der Waals surface area contributed by atoms with Gasteiger partial charge in [-0.15, -0.1) is 11.3 Å². The number of aromatic nitrogens is 1. The Morgan fingerprint density at radius 2 is 2.35 bits per heavy atom. The van der Waals surface area contributed by atoms with Gasteiger partial charge in [-0.1, -0.05) is 25.5 Å². The third-order valence-electron chi connectivity index (χ3n) is 4.06. The molecule has 106 valence electrons. The van der Waals surface area contributed by atoms with E-state index in [9.17, 15) is 0 Å². The Morgan fingerprint density at radius 3 is 3.15 bits per heavy atom. The number of aryl methyl sites for hydroxylation is 1. The van der Waals surface area contributed by atoms with Crippen LogP contribution in [0.2, 0.25) is 0 Å². The fourth-order valence-corrected chi connectivity index (χ4v) is 3.92. The van der Waals surface area contributed by atoms with E-state index in [0.29, 0.717) is 12.1 Å². The van der Waals surface area contributed by atoms with Crippen LogP contribution in [0.3, 0.4) is 0 Å². The minimum atomic E-state index is 0.415. The molecule has 0 aliphatic heterocycles. The molecule has 1 N–H and O–H groups in total. The second kappa shape index (κ2) is 6.51. The molecular weight excluding hydrogens is 264 g/mol. The molecule has 1 aliphatic carbocycles. The Balaban J connectivity index is 1.79. The van der Waals surface area contributed by atoms with Crippen molar-refractivity contribution < 1.29 is 0 Å². The van der Waals surface area contributed by atoms with Crippen LogP contribution in [0.4, 0.5) is 0 Å². The van der Waals surface area contributed by atoms with Crippen molar-refractivity contribution in [2.24, 2.45) is 0 Å². The molecule has 0 aromatic carbocycles. The molecule has 0 amide bonds. The maximum Gasteiger partial charge on any atom is 0.0605 e. The number of nitrogens with zero attached hydrogens (tertiary/aromatic N) is 1. The molecule has 0 radical (unpaired) electrons. The van der Waals surface area contributed by atoms with E-state index >= 15 is 0 Å². The summed E-state index contributed by atoms with van der Waals surface area (Å²) in [5, 5.41) is 6.04. The number of thiophene rings is 1. The standard InChI is InChI=1S/C17H22N2S/c1-2-6-14(16-10-5-12-20-16)19-15-9-3-7-13-8-4-11-18-17(13)15/h4-5,8,10-12,14-15,19H,2-3,6-7,9H2,1H3. The molecule has 0 spiro atoms. The number of nitrogens with one attached hydrogen (secondary N) is 1. The molecule has 2 aromatic rings. The average Bonchev–Trinajstić information content (AvgIpc) is 3.01. The van der Waals surface area contributed by atoms with Crippen LogP contribution in [-0.4, -0.2) is 4.98 Å². The largest absolute Gasteiger partial charge is 0.301 e. The summed E-state index contributed by atoms with van der Waals surface area (Å²) in [5.74, 6) is 0.